The van der Waals surface area contributed by atoms with E-state index in [0.717, 1.165) is 12.8 Å². The number of hydrogen-bond donors (Lipinski definition) is 1. The van der Waals surface area contributed by atoms with Gasteiger partial charge in [-0.05, 0) is 13.3 Å². The van der Waals surface area contributed by atoms with E-state index in [9.17, 15) is 9.59 Å². The SMILES string of the molecule is CCCCN1OC[C@@H](NC(=O)OCC)C1=O. The van der Waals surface area contributed by atoms with Gasteiger partial charge in [-0.3, -0.25) is 9.63 Å². The predicted octanol–water partition coefficient (Wildman–Crippen LogP) is 0.675. The molecule has 0 spiro atoms. The molecule has 0 aromatic rings. The highest BCUT2D eigenvalue weighted by Gasteiger charge is 2.34. The first-order chi connectivity index (χ1) is 7.69. The summed E-state index contributed by atoms with van der Waals surface area (Å²) in [5.41, 5.74) is 0. The number of ether oxygens (including phenoxy) is 1. The van der Waals surface area contributed by atoms with Crippen LogP contribution in [0, 0.1) is 0 Å². The van der Waals surface area contributed by atoms with Crippen LogP contribution in [0.25, 0.3) is 0 Å². The van der Waals surface area contributed by atoms with Gasteiger partial charge < -0.3 is 10.1 Å². The molecule has 1 rings (SSSR count). The average Bonchev–Trinajstić information content (AvgIpc) is 2.58. The predicted molar refractivity (Wildman–Crippen MR) is 56.5 cm³/mol. The van der Waals surface area contributed by atoms with Gasteiger partial charge in [0.1, 0.15) is 12.6 Å². The third-order valence-electron chi connectivity index (χ3n) is 2.22. The first-order valence-electron chi connectivity index (χ1n) is 5.56. The number of hydroxylamine groups is 2. The summed E-state index contributed by atoms with van der Waals surface area (Å²) in [6.45, 7) is 4.78. The van der Waals surface area contributed by atoms with Crippen LogP contribution in [0.4, 0.5) is 4.79 Å². The molecule has 1 saturated heterocycles. The Morgan fingerprint density at radius 2 is 2.38 bits per heavy atom. The molecule has 0 radical (unpaired) electrons. The van der Waals surface area contributed by atoms with E-state index in [1.54, 1.807) is 6.92 Å². The number of nitrogens with one attached hydrogen (secondary N) is 1. The fourth-order valence-corrected chi connectivity index (χ4v) is 1.37. The summed E-state index contributed by atoms with van der Waals surface area (Å²) in [5, 5.41) is 3.76. The van der Waals surface area contributed by atoms with Crippen LogP contribution >= 0.6 is 0 Å². The van der Waals surface area contributed by atoms with Gasteiger partial charge in [-0.2, -0.15) is 0 Å². The van der Waals surface area contributed by atoms with E-state index in [-0.39, 0.29) is 19.1 Å². The third kappa shape index (κ3) is 3.37. The average molecular weight is 230 g/mol. The summed E-state index contributed by atoms with van der Waals surface area (Å²) in [6, 6.07) is -0.615. The molecule has 0 unspecified atom stereocenters. The van der Waals surface area contributed by atoms with Crippen molar-refractivity contribution in [3.63, 3.8) is 0 Å². The van der Waals surface area contributed by atoms with E-state index in [0.29, 0.717) is 6.54 Å². The summed E-state index contributed by atoms with van der Waals surface area (Å²) in [7, 11) is 0. The lowest BCUT2D eigenvalue weighted by Crippen LogP contribution is -2.43. The Morgan fingerprint density at radius 3 is 3.00 bits per heavy atom. The maximum absolute atomic E-state index is 11.7. The number of nitrogens with zero attached hydrogens (tertiary/aromatic N) is 1. The molecule has 1 atom stereocenters. The zero-order chi connectivity index (χ0) is 12.0. The standard InChI is InChI=1S/C10H18N2O4/c1-3-5-6-12-9(13)8(7-16-12)11-10(14)15-4-2/h8H,3-7H2,1-2H3,(H,11,14)/t8-/m1/s1. The molecule has 16 heavy (non-hydrogen) atoms. The van der Waals surface area contributed by atoms with Gasteiger partial charge in [0.2, 0.25) is 0 Å². The summed E-state index contributed by atoms with van der Waals surface area (Å²) < 4.78 is 4.69. The van der Waals surface area contributed by atoms with Gasteiger partial charge in [-0.25, -0.2) is 9.86 Å². The normalized spacial score (nSPS) is 20.0. The van der Waals surface area contributed by atoms with Crippen molar-refractivity contribution in [2.24, 2.45) is 0 Å². The second-order valence-electron chi connectivity index (χ2n) is 3.51. The topological polar surface area (TPSA) is 67.9 Å². The summed E-state index contributed by atoms with van der Waals surface area (Å²) in [6.07, 6.45) is 1.29. The molecule has 92 valence electrons. The maximum Gasteiger partial charge on any atom is 0.407 e. The molecule has 1 N–H and O–H groups in total. The second kappa shape index (κ2) is 6.32. The minimum atomic E-state index is -0.615. The molecule has 1 heterocycles. The minimum absolute atomic E-state index is 0.182. The fraction of sp³-hybridized carbons (Fsp3) is 0.800. The van der Waals surface area contributed by atoms with Gasteiger partial charge >= 0.3 is 6.09 Å². The fourth-order valence-electron chi connectivity index (χ4n) is 1.37. The van der Waals surface area contributed by atoms with Crippen LogP contribution < -0.4 is 5.32 Å². The van der Waals surface area contributed by atoms with Gasteiger partial charge in [-0.1, -0.05) is 13.3 Å². The number of unbranched alkanes of at least 4 members (excludes halogenated alkanes) is 1. The van der Waals surface area contributed by atoms with Crippen molar-refractivity contribution < 1.29 is 19.2 Å². The van der Waals surface area contributed by atoms with E-state index in [1.165, 1.54) is 5.06 Å². The smallest absolute Gasteiger partial charge is 0.407 e. The van der Waals surface area contributed by atoms with Crippen LogP contribution in [-0.4, -0.2) is 42.9 Å². The Hall–Kier alpha value is -1.30. The summed E-state index contributed by atoms with van der Waals surface area (Å²) in [5.74, 6) is -0.207. The van der Waals surface area contributed by atoms with Crippen molar-refractivity contribution in [1.82, 2.24) is 10.4 Å². The Morgan fingerprint density at radius 1 is 1.62 bits per heavy atom. The van der Waals surface area contributed by atoms with E-state index < -0.39 is 12.1 Å². The number of amides is 2. The number of carbonyl (C=O) groups is 2. The Bertz CT molecular complexity index is 257. The number of carbonyl (C=O) groups excluding carboxylic acids is 2. The lowest BCUT2D eigenvalue weighted by molar-refractivity contribution is -0.161. The third-order valence-corrected chi connectivity index (χ3v) is 2.22. The molecule has 0 saturated carbocycles. The molecule has 1 fully saturated rings. The molecule has 6 nitrogen and oxygen atoms in total. The first kappa shape index (κ1) is 12.8. The van der Waals surface area contributed by atoms with Gasteiger partial charge in [0.05, 0.1) is 6.61 Å². The molecule has 0 aliphatic carbocycles. The van der Waals surface area contributed by atoms with Crippen molar-refractivity contribution in [1.29, 1.82) is 0 Å². The van der Waals surface area contributed by atoms with E-state index in [1.807, 2.05) is 6.92 Å². The Labute approximate surface area is 94.8 Å². The van der Waals surface area contributed by atoms with Gasteiger partial charge in [-0.15, -0.1) is 0 Å². The van der Waals surface area contributed by atoms with Crippen LogP contribution in [-0.2, 0) is 14.4 Å². The lowest BCUT2D eigenvalue weighted by Gasteiger charge is -2.13. The van der Waals surface area contributed by atoms with Crippen LogP contribution in [0.2, 0.25) is 0 Å². The van der Waals surface area contributed by atoms with Crippen molar-refractivity contribution >= 4 is 12.0 Å². The molecule has 6 heteroatoms. The van der Waals surface area contributed by atoms with Crippen LogP contribution in [0.3, 0.4) is 0 Å². The number of alkyl carbamates (subject to hydrolysis) is 1. The van der Waals surface area contributed by atoms with Gasteiger partial charge in [0, 0.05) is 6.54 Å². The van der Waals surface area contributed by atoms with Gasteiger partial charge in [0.15, 0.2) is 0 Å². The summed E-state index contributed by atoms with van der Waals surface area (Å²) in [4.78, 5) is 28.0. The quantitative estimate of drug-likeness (QED) is 0.754. The largest absolute Gasteiger partial charge is 0.450 e. The highest BCUT2D eigenvalue weighted by Crippen LogP contribution is 2.09. The van der Waals surface area contributed by atoms with Crippen LogP contribution in [0.1, 0.15) is 26.7 Å². The number of rotatable bonds is 5. The zero-order valence-corrected chi connectivity index (χ0v) is 9.69. The molecule has 0 aromatic heterocycles. The first-order valence-corrected chi connectivity index (χ1v) is 5.56. The molecular weight excluding hydrogens is 212 g/mol. The second-order valence-corrected chi connectivity index (χ2v) is 3.51. The molecule has 1 aliphatic heterocycles. The molecule has 1 aliphatic rings. The van der Waals surface area contributed by atoms with Crippen molar-refractivity contribution in [2.75, 3.05) is 19.8 Å². The van der Waals surface area contributed by atoms with Crippen molar-refractivity contribution in [3.8, 4) is 0 Å². The Kier molecular flexibility index (Phi) is 5.04. The maximum atomic E-state index is 11.7. The van der Waals surface area contributed by atoms with E-state index in [2.05, 4.69) is 5.32 Å². The molecule has 0 bridgehead atoms. The van der Waals surface area contributed by atoms with Gasteiger partial charge in [0.25, 0.3) is 5.91 Å². The molecular formula is C10H18N2O4. The summed E-state index contributed by atoms with van der Waals surface area (Å²) >= 11 is 0. The minimum Gasteiger partial charge on any atom is -0.450 e. The highest BCUT2D eigenvalue weighted by atomic mass is 16.7. The van der Waals surface area contributed by atoms with Crippen molar-refractivity contribution in [3.05, 3.63) is 0 Å². The Balaban J connectivity index is 2.35. The molecule has 2 amide bonds. The zero-order valence-electron chi connectivity index (χ0n) is 9.69. The van der Waals surface area contributed by atoms with E-state index >= 15 is 0 Å². The number of hydrogen-bond acceptors (Lipinski definition) is 4. The lowest BCUT2D eigenvalue weighted by atomic mass is 10.3. The van der Waals surface area contributed by atoms with Crippen LogP contribution in [0.15, 0.2) is 0 Å². The highest BCUT2D eigenvalue weighted by molar-refractivity contribution is 5.86. The van der Waals surface area contributed by atoms with Crippen molar-refractivity contribution in [2.45, 2.75) is 32.7 Å². The monoisotopic (exact) mass is 230 g/mol. The molecule has 0 aromatic carbocycles. The van der Waals surface area contributed by atoms with E-state index in [4.69, 9.17) is 9.57 Å². The van der Waals surface area contributed by atoms with Crippen LogP contribution in [0.5, 0.6) is 0 Å².